The van der Waals surface area contributed by atoms with Gasteiger partial charge in [0.25, 0.3) is 0 Å². The van der Waals surface area contributed by atoms with Gasteiger partial charge in [0.05, 0.1) is 5.75 Å². The highest BCUT2D eigenvalue weighted by atomic mass is 32.2. The van der Waals surface area contributed by atoms with Crippen LogP contribution in [0.4, 0.5) is 0 Å². The van der Waals surface area contributed by atoms with Crippen molar-refractivity contribution in [2.75, 3.05) is 19.8 Å². The van der Waals surface area contributed by atoms with Crippen molar-refractivity contribution < 1.29 is 9.90 Å². The van der Waals surface area contributed by atoms with Crippen molar-refractivity contribution >= 4 is 17.7 Å². The molecule has 1 saturated carbocycles. The number of aromatic nitrogens is 3. The van der Waals surface area contributed by atoms with Gasteiger partial charge in [-0.3, -0.25) is 4.79 Å². The van der Waals surface area contributed by atoms with Gasteiger partial charge in [-0.25, -0.2) is 0 Å². The molecule has 118 valence electrons. The summed E-state index contributed by atoms with van der Waals surface area (Å²) in [5.74, 6) is 0.407. The van der Waals surface area contributed by atoms with E-state index in [1.165, 1.54) is 31.0 Å². The number of aliphatic carboxylic acids is 1. The Morgan fingerprint density at radius 2 is 2.10 bits per heavy atom. The van der Waals surface area contributed by atoms with E-state index in [2.05, 4.69) is 47.6 Å². The molecule has 1 N–H and O–H groups in total. The molecule has 1 aliphatic carbocycles. The average Bonchev–Trinajstić information content (AvgIpc) is 2.73. The van der Waals surface area contributed by atoms with Gasteiger partial charge in [-0.2, -0.15) is 0 Å². The summed E-state index contributed by atoms with van der Waals surface area (Å²) in [4.78, 5) is 13.1. The number of carboxylic acids is 1. The first-order valence-corrected chi connectivity index (χ1v) is 8.29. The lowest BCUT2D eigenvalue weighted by Crippen LogP contribution is -2.53. The summed E-state index contributed by atoms with van der Waals surface area (Å²) in [6, 6.07) is 0. The first-order valence-electron chi connectivity index (χ1n) is 7.31. The molecule has 0 amide bonds. The predicted octanol–water partition coefficient (Wildman–Crippen LogP) is 2.06. The van der Waals surface area contributed by atoms with Crippen LogP contribution in [0.25, 0.3) is 0 Å². The highest BCUT2D eigenvalue weighted by Crippen LogP contribution is 2.39. The van der Waals surface area contributed by atoms with Gasteiger partial charge in [0, 0.05) is 18.0 Å². The minimum absolute atomic E-state index is 0.0190. The molecular weight excluding hydrogens is 288 g/mol. The van der Waals surface area contributed by atoms with Gasteiger partial charge in [0.2, 0.25) is 0 Å². The molecule has 1 aliphatic rings. The van der Waals surface area contributed by atoms with Gasteiger partial charge in [-0.1, -0.05) is 25.6 Å². The van der Waals surface area contributed by atoms with Crippen LogP contribution in [-0.4, -0.2) is 56.1 Å². The number of hydrogen-bond donors (Lipinski definition) is 1. The Morgan fingerprint density at radius 3 is 2.52 bits per heavy atom. The summed E-state index contributed by atoms with van der Waals surface area (Å²) in [7, 11) is 4.23. The third-order valence-corrected chi connectivity index (χ3v) is 5.22. The van der Waals surface area contributed by atoms with E-state index in [4.69, 9.17) is 5.11 Å². The van der Waals surface area contributed by atoms with Crippen LogP contribution in [0.5, 0.6) is 0 Å². The van der Waals surface area contributed by atoms with E-state index in [1.54, 1.807) is 0 Å². The molecule has 0 spiro atoms. The minimum Gasteiger partial charge on any atom is -0.481 e. The molecule has 1 aromatic heterocycles. The fourth-order valence-electron chi connectivity index (χ4n) is 2.73. The van der Waals surface area contributed by atoms with E-state index < -0.39 is 5.97 Å². The zero-order valence-electron chi connectivity index (χ0n) is 13.2. The third kappa shape index (κ3) is 3.40. The van der Waals surface area contributed by atoms with Gasteiger partial charge in [-0.05, 0) is 33.4 Å². The van der Waals surface area contributed by atoms with Crippen LogP contribution in [0.15, 0.2) is 5.16 Å². The molecule has 0 bridgehead atoms. The van der Waals surface area contributed by atoms with Crippen molar-refractivity contribution in [2.45, 2.75) is 56.3 Å². The summed E-state index contributed by atoms with van der Waals surface area (Å²) >= 11 is 1.25. The molecule has 0 radical (unpaired) electrons. The van der Waals surface area contributed by atoms with Crippen molar-refractivity contribution in [3.63, 3.8) is 0 Å². The second kappa shape index (κ2) is 6.36. The first-order chi connectivity index (χ1) is 9.85. The lowest BCUT2D eigenvalue weighted by molar-refractivity contribution is -0.133. The Balaban J connectivity index is 2.26. The number of rotatable bonds is 7. The number of carboxylic acid groups (broad SMARTS) is 1. The fourth-order valence-corrected chi connectivity index (χ4v) is 3.40. The predicted molar refractivity (Wildman–Crippen MR) is 82.7 cm³/mol. The summed E-state index contributed by atoms with van der Waals surface area (Å²) in [6.07, 6.45) is 3.58. The lowest BCUT2D eigenvalue weighted by atomic mass is 9.75. The Hall–Kier alpha value is -1.08. The number of thioether (sulfide) groups is 1. The van der Waals surface area contributed by atoms with Crippen LogP contribution in [0, 0.1) is 0 Å². The van der Waals surface area contributed by atoms with Crippen molar-refractivity contribution in [3.05, 3.63) is 5.82 Å². The van der Waals surface area contributed by atoms with Crippen LogP contribution in [0.3, 0.4) is 0 Å². The van der Waals surface area contributed by atoms with E-state index in [-0.39, 0.29) is 17.2 Å². The second-order valence-corrected chi connectivity index (χ2v) is 7.18. The monoisotopic (exact) mass is 312 g/mol. The van der Waals surface area contributed by atoms with E-state index in [1.807, 2.05) is 0 Å². The lowest BCUT2D eigenvalue weighted by Gasteiger charge is -2.47. The maximum absolute atomic E-state index is 10.8. The first kappa shape index (κ1) is 16.3. The highest BCUT2D eigenvalue weighted by molar-refractivity contribution is 7.99. The molecule has 1 fully saturated rings. The summed E-state index contributed by atoms with van der Waals surface area (Å²) in [6.45, 7) is 5.02. The van der Waals surface area contributed by atoms with Gasteiger partial charge < -0.3 is 14.6 Å². The minimum atomic E-state index is -0.827. The largest absolute Gasteiger partial charge is 0.481 e. The van der Waals surface area contributed by atoms with Crippen molar-refractivity contribution in [3.8, 4) is 0 Å². The number of hydrogen-bond acceptors (Lipinski definition) is 5. The molecule has 21 heavy (non-hydrogen) atoms. The zero-order chi connectivity index (χ0) is 15.6. The van der Waals surface area contributed by atoms with Crippen LogP contribution < -0.4 is 0 Å². The van der Waals surface area contributed by atoms with Gasteiger partial charge in [0.1, 0.15) is 5.82 Å². The van der Waals surface area contributed by atoms with E-state index in [0.717, 1.165) is 12.4 Å². The molecule has 1 heterocycles. The number of nitrogens with zero attached hydrogens (tertiary/aromatic N) is 4. The Labute approximate surface area is 129 Å². The molecule has 0 aliphatic heterocycles. The van der Waals surface area contributed by atoms with E-state index in [9.17, 15) is 4.79 Å². The van der Waals surface area contributed by atoms with Crippen LogP contribution in [0.1, 0.15) is 44.9 Å². The fraction of sp³-hybridized carbons (Fsp3) is 0.786. The standard InChI is InChI=1S/C14H24N4O2S/c1-10(2)12-15-16-13(21-8-11(19)20)18(12)9-14(17(3)4)6-5-7-14/h10H,5-9H2,1-4H3,(H,19,20). The molecule has 6 nitrogen and oxygen atoms in total. The van der Waals surface area contributed by atoms with Crippen LogP contribution >= 0.6 is 11.8 Å². The van der Waals surface area contributed by atoms with Gasteiger partial charge >= 0.3 is 5.97 Å². The van der Waals surface area contributed by atoms with Crippen LogP contribution in [-0.2, 0) is 11.3 Å². The van der Waals surface area contributed by atoms with E-state index in [0.29, 0.717) is 5.16 Å². The summed E-state index contributed by atoms with van der Waals surface area (Å²) in [5, 5.41) is 18.1. The van der Waals surface area contributed by atoms with Gasteiger partial charge in [0.15, 0.2) is 5.16 Å². The molecule has 1 aromatic rings. The number of carbonyl (C=O) groups is 1. The van der Waals surface area contributed by atoms with Crippen LogP contribution in [0.2, 0.25) is 0 Å². The van der Waals surface area contributed by atoms with Crippen molar-refractivity contribution in [1.29, 1.82) is 0 Å². The molecular formula is C14H24N4O2S. The van der Waals surface area contributed by atoms with Crippen molar-refractivity contribution in [2.24, 2.45) is 0 Å². The number of likely N-dealkylation sites (N-methyl/N-ethyl adjacent to an activating group) is 1. The van der Waals surface area contributed by atoms with E-state index >= 15 is 0 Å². The quantitative estimate of drug-likeness (QED) is 0.777. The molecule has 7 heteroatoms. The van der Waals surface area contributed by atoms with Gasteiger partial charge in [-0.15, -0.1) is 10.2 Å². The average molecular weight is 312 g/mol. The Kier molecular flexibility index (Phi) is 4.93. The topological polar surface area (TPSA) is 71.2 Å². The maximum atomic E-state index is 10.8. The zero-order valence-corrected chi connectivity index (χ0v) is 14.0. The summed E-state index contributed by atoms with van der Waals surface area (Å²) < 4.78 is 2.12. The maximum Gasteiger partial charge on any atom is 0.313 e. The molecule has 0 unspecified atom stereocenters. The normalized spacial score (nSPS) is 17.2. The van der Waals surface area contributed by atoms with Crippen molar-refractivity contribution in [1.82, 2.24) is 19.7 Å². The SMILES string of the molecule is CC(C)c1nnc(SCC(=O)O)n1CC1(N(C)C)CCC1. The molecule has 0 saturated heterocycles. The third-order valence-electron chi connectivity index (χ3n) is 4.27. The smallest absolute Gasteiger partial charge is 0.313 e. The Bertz CT molecular complexity index is 509. The molecule has 0 aromatic carbocycles. The molecule has 0 atom stereocenters. The highest BCUT2D eigenvalue weighted by Gasteiger charge is 2.40. The Morgan fingerprint density at radius 1 is 1.43 bits per heavy atom. The summed E-state index contributed by atoms with van der Waals surface area (Å²) in [5.41, 5.74) is 0.157. The molecule has 2 rings (SSSR count). The second-order valence-electron chi connectivity index (χ2n) is 6.24.